The highest BCUT2D eigenvalue weighted by Crippen LogP contribution is 2.28. The topological polar surface area (TPSA) is 61.4 Å². The molecule has 0 radical (unpaired) electrons. The smallest absolute Gasteiger partial charge is 0.339 e. The van der Waals surface area contributed by atoms with Crippen molar-refractivity contribution in [1.29, 1.82) is 0 Å². The minimum absolute atomic E-state index is 0. The first-order chi connectivity index (χ1) is 10.9. The number of hydrogen-bond acceptors (Lipinski definition) is 5. The van der Waals surface area contributed by atoms with Gasteiger partial charge in [-0.2, -0.15) is 13.2 Å². The lowest BCUT2D eigenvalue weighted by atomic mass is 10.0. The van der Waals surface area contributed by atoms with Gasteiger partial charge in [-0.1, -0.05) is 0 Å². The number of piperazine rings is 1. The van der Waals surface area contributed by atoms with Crippen molar-refractivity contribution in [3.05, 3.63) is 18.0 Å². The molecule has 24 heavy (non-hydrogen) atoms. The molecule has 2 aliphatic rings. The summed E-state index contributed by atoms with van der Waals surface area (Å²) in [6.45, 7) is 4.92. The predicted molar refractivity (Wildman–Crippen MR) is 84.0 cm³/mol. The van der Waals surface area contributed by atoms with Gasteiger partial charge in [0.05, 0.1) is 11.5 Å². The number of carbonyl (C=O) groups is 1. The van der Waals surface area contributed by atoms with Gasteiger partial charge in [0.1, 0.15) is 0 Å². The Morgan fingerprint density at radius 2 is 1.88 bits per heavy atom. The third-order valence-electron chi connectivity index (χ3n) is 4.29. The van der Waals surface area contributed by atoms with Crippen LogP contribution < -0.4 is 10.2 Å². The largest absolute Gasteiger partial charge is 0.419 e. The zero-order valence-corrected chi connectivity index (χ0v) is 13.9. The highest BCUT2D eigenvalue weighted by Gasteiger charge is 2.35. The Kier molecular flexibility index (Phi) is 5.54. The lowest BCUT2D eigenvalue weighted by molar-refractivity contribution is -0.139. The van der Waals surface area contributed by atoms with Gasteiger partial charge in [0.15, 0.2) is 0 Å². The van der Waals surface area contributed by atoms with Crippen molar-refractivity contribution in [2.75, 3.05) is 37.6 Å². The molecule has 1 aromatic heterocycles. The fourth-order valence-corrected chi connectivity index (χ4v) is 2.79. The lowest BCUT2D eigenvalue weighted by Gasteiger charge is -2.42. The van der Waals surface area contributed by atoms with Crippen molar-refractivity contribution in [3.8, 4) is 0 Å². The molecule has 0 aliphatic carbocycles. The molecule has 2 fully saturated rings. The summed E-state index contributed by atoms with van der Waals surface area (Å²) >= 11 is 0. The summed E-state index contributed by atoms with van der Waals surface area (Å²) in [5.74, 6) is 0.461. The molecular formula is C14H19ClF3N5O. The maximum Gasteiger partial charge on any atom is 0.419 e. The Morgan fingerprint density at radius 1 is 1.25 bits per heavy atom. The molecule has 10 heteroatoms. The fourth-order valence-electron chi connectivity index (χ4n) is 2.79. The zero-order valence-electron chi connectivity index (χ0n) is 13.1. The van der Waals surface area contributed by atoms with Gasteiger partial charge in [0.2, 0.25) is 11.9 Å². The number of hydrogen-bond donors (Lipinski definition) is 1. The van der Waals surface area contributed by atoms with E-state index in [1.54, 1.807) is 0 Å². The number of nitrogens with zero attached hydrogens (tertiary/aromatic N) is 4. The molecule has 3 heterocycles. The van der Waals surface area contributed by atoms with Crippen LogP contribution in [0.3, 0.4) is 0 Å². The van der Waals surface area contributed by atoms with Gasteiger partial charge in [0, 0.05) is 51.2 Å². The van der Waals surface area contributed by atoms with E-state index in [4.69, 9.17) is 0 Å². The molecule has 2 saturated heterocycles. The summed E-state index contributed by atoms with van der Waals surface area (Å²) in [4.78, 5) is 23.6. The Morgan fingerprint density at radius 3 is 2.33 bits per heavy atom. The fraction of sp³-hybridized carbons (Fsp3) is 0.643. The minimum Gasteiger partial charge on any atom is -0.339 e. The summed E-state index contributed by atoms with van der Waals surface area (Å²) in [5.41, 5.74) is -0.861. The molecule has 6 nitrogen and oxygen atoms in total. The molecule has 1 aromatic rings. The van der Waals surface area contributed by atoms with Gasteiger partial charge in [-0.25, -0.2) is 9.97 Å². The first-order valence-electron chi connectivity index (χ1n) is 7.51. The second kappa shape index (κ2) is 7.10. The maximum absolute atomic E-state index is 12.6. The highest BCUT2D eigenvalue weighted by molar-refractivity contribution is 5.85. The van der Waals surface area contributed by atoms with Gasteiger partial charge in [-0.3, -0.25) is 4.79 Å². The molecule has 134 valence electrons. The number of rotatable bonds is 2. The molecular weight excluding hydrogens is 347 g/mol. The highest BCUT2D eigenvalue weighted by atomic mass is 35.5. The maximum atomic E-state index is 12.6. The van der Waals surface area contributed by atoms with Crippen LogP contribution >= 0.6 is 12.4 Å². The van der Waals surface area contributed by atoms with Crippen LogP contribution in [-0.4, -0.2) is 59.5 Å². The van der Waals surface area contributed by atoms with Crippen LogP contribution in [-0.2, 0) is 11.0 Å². The summed E-state index contributed by atoms with van der Waals surface area (Å²) in [7, 11) is 0. The molecule has 1 atom stereocenters. The van der Waals surface area contributed by atoms with Gasteiger partial charge >= 0.3 is 6.18 Å². The van der Waals surface area contributed by atoms with Crippen molar-refractivity contribution in [3.63, 3.8) is 0 Å². The van der Waals surface area contributed by atoms with Crippen molar-refractivity contribution in [2.24, 2.45) is 5.92 Å². The van der Waals surface area contributed by atoms with E-state index in [9.17, 15) is 18.0 Å². The SMILES string of the molecule is CC1CN(C(=O)C2CNC2)CCN1c1ncc(C(F)(F)F)cn1.Cl. The van der Waals surface area contributed by atoms with E-state index in [0.717, 1.165) is 25.5 Å². The van der Waals surface area contributed by atoms with Crippen molar-refractivity contribution >= 4 is 24.3 Å². The number of alkyl halides is 3. The Hall–Kier alpha value is -1.61. The third kappa shape index (κ3) is 3.72. The number of aromatic nitrogens is 2. The van der Waals surface area contributed by atoms with Crippen molar-refractivity contribution in [2.45, 2.75) is 19.1 Å². The summed E-state index contributed by atoms with van der Waals surface area (Å²) in [6.07, 6.45) is -2.84. The van der Waals surface area contributed by atoms with E-state index in [1.165, 1.54) is 0 Å². The van der Waals surface area contributed by atoms with Crippen molar-refractivity contribution < 1.29 is 18.0 Å². The van der Waals surface area contributed by atoms with Crippen LogP contribution in [0.2, 0.25) is 0 Å². The van der Waals surface area contributed by atoms with Gasteiger partial charge in [0.25, 0.3) is 0 Å². The average molecular weight is 366 g/mol. The molecule has 0 aromatic carbocycles. The normalized spacial score (nSPS) is 21.9. The van der Waals surface area contributed by atoms with Crippen molar-refractivity contribution in [1.82, 2.24) is 20.2 Å². The van der Waals surface area contributed by atoms with Crippen LogP contribution in [0, 0.1) is 5.92 Å². The Balaban J connectivity index is 0.00000208. The van der Waals surface area contributed by atoms with Gasteiger partial charge < -0.3 is 15.1 Å². The molecule has 1 unspecified atom stereocenters. The standard InChI is InChI=1S/C14H18F3N5O.ClH/c1-9-8-21(12(23)10-4-18-5-10)2-3-22(9)13-19-6-11(7-20-13)14(15,16)17;/h6-7,9-10,18H,2-5,8H2,1H3;1H. The summed E-state index contributed by atoms with van der Waals surface area (Å²) < 4.78 is 37.7. The summed E-state index contributed by atoms with van der Waals surface area (Å²) in [6, 6.07) is -0.0440. The van der Waals surface area contributed by atoms with Crippen LogP contribution in [0.1, 0.15) is 12.5 Å². The molecule has 0 spiro atoms. The van der Waals surface area contributed by atoms with E-state index >= 15 is 0 Å². The quantitative estimate of drug-likeness (QED) is 0.852. The third-order valence-corrected chi connectivity index (χ3v) is 4.29. The zero-order chi connectivity index (χ0) is 16.6. The number of amides is 1. The number of anilines is 1. The van der Waals surface area contributed by atoms with Crippen LogP contribution in [0.4, 0.5) is 19.1 Å². The van der Waals surface area contributed by atoms with Gasteiger partial charge in [-0.05, 0) is 6.92 Å². The number of carbonyl (C=O) groups excluding carboxylic acids is 1. The average Bonchev–Trinajstić information content (AvgIpc) is 2.44. The molecule has 0 bridgehead atoms. The van der Waals surface area contributed by atoms with E-state index in [0.29, 0.717) is 19.6 Å². The van der Waals surface area contributed by atoms with Crippen LogP contribution in [0.5, 0.6) is 0 Å². The lowest BCUT2D eigenvalue weighted by Crippen LogP contribution is -2.59. The predicted octanol–water partition coefficient (Wildman–Crippen LogP) is 1.17. The molecule has 0 saturated carbocycles. The monoisotopic (exact) mass is 365 g/mol. The van der Waals surface area contributed by atoms with E-state index in [-0.39, 0.29) is 36.2 Å². The Labute approximate surface area is 143 Å². The number of halogens is 4. The first-order valence-corrected chi connectivity index (χ1v) is 7.51. The van der Waals surface area contributed by atoms with Crippen LogP contribution in [0.25, 0.3) is 0 Å². The molecule has 1 N–H and O–H groups in total. The number of nitrogens with one attached hydrogen (secondary N) is 1. The van der Waals surface area contributed by atoms with E-state index in [2.05, 4.69) is 15.3 Å². The van der Waals surface area contributed by atoms with Crippen LogP contribution in [0.15, 0.2) is 12.4 Å². The molecule has 3 rings (SSSR count). The minimum atomic E-state index is -4.44. The second-order valence-electron chi connectivity index (χ2n) is 5.95. The molecule has 2 aliphatic heterocycles. The first kappa shape index (κ1) is 18.7. The van der Waals surface area contributed by atoms with E-state index < -0.39 is 11.7 Å². The van der Waals surface area contributed by atoms with Gasteiger partial charge in [-0.15, -0.1) is 12.4 Å². The molecule has 1 amide bonds. The summed E-state index contributed by atoms with van der Waals surface area (Å²) in [5, 5.41) is 3.07. The Bertz CT molecular complexity index is 579. The van der Waals surface area contributed by atoms with E-state index in [1.807, 2.05) is 16.7 Å². The second-order valence-corrected chi connectivity index (χ2v) is 5.95.